The first-order valence-corrected chi connectivity index (χ1v) is 13.5. The standard InChI is InChI=1S/C18H15S.C4H8NO.C3H4F2O5S/c1-4-10-16(11-5-1)19(17-12-6-2-7-13-17)18-14-8-3-9-15-18;6-5-3-1-2-4-5;1-10-2(6)3(4,5)11(7,8)9/h1-15H;1-4H2;1H3,(H,7,8,9)/q2*+1;. The SMILES string of the molecule is COC(=O)C(F)(F)S(=O)(=O)O.O=[N+]1CCCC1.c1ccc([S+](c2ccccc2)c2ccccc2)cc1. The third kappa shape index (κ3) is 8.51. The summed E-state index contributed by atoms with van der Waals surface area (Å²) in [6.07, 6.45) is 2.20. The quantitative estimate of drug-likeness (QED) is 0.212. The number of hydrogen-bond acceptors (Lipinski definition) is 5. The third-order valence-corrected chi connectivity index (χ3v) is 7.79. The first kappa shape index (κ1) is 29.1. The minimum atomic E-state index is -5.72. The molecule has 0 atom stereocenters. The van der Waals surface area contributed by atoms with Gasteiger partial charge in [0.2, 0.25) is 0 Å². The van der Waals surface area contributed by atoms with Gasteiger partial charge in [-0.15, -0.1) is 0 Å². The Bertz CT molecular complexity index is 1110. The van der Waals surface area contributed by atoms with Crippen LogP contribution in [0.2, 0.25) is 0 Å². The Balaban J connectivity index is 0.000000226. The molecule has 4 rings (SSSR count). The topological polar surface area (TPSA) is 101 Å². The number of carbonyl (C=O) groups is 1. The maximum atomic E-state index is 12.0. The van der Waals surface area contributed by atoms with Crippen molar-refractivity contribution < 1.29 is 36.0 Å². The molecular formula is C25H27F2NO6S2+2. The van der Waals surface area contributed by atoms with Gasteiger partial charge in [0.25, 0.3) is 0 Å². The monoisotopic (exact) mass is 539 g/mol. The molecule has 11 heteroatoms. The fourth-order valence-corrected chi connectivity index (χ4v) is 5.39. The predicted octanol–water partition coefficient (Wildman–Crippen LogP) is 4.98. The van der Waals surface area contributed by atoms with Crippen LogP contribution in [0.1, 0.15) is 12.8 Å². The molecule has 1 fully saturated rings. The van der Waals surface area contributed by atoms with Gasteiger partial charge in [0.15, 0.2) is 27.8 Å². The van der Waals surface area contributed by atoms with Crippen LogP contribution in [-0.4, -0.2) is 49.2 Å². The number of hydrogen-bond donors (Lipinski definition) is 1. The van der Waals surface area contributed by atoms with E-state index in [9.17, 15) is 26.9 Å². The number of esters is 1. The van der Waals surface area contributed by atoms with Gasteiger partial charge in [-0.25, -0.2) is 4.79 Å². The molecular weight excluding hydrogens is 512 g/mol. The third-order valence-electron chi connectivity index (χ3n) is 4.75. The normalized spacial score (nSPS) is 13.2. The zero-order chi connectivity index (χ0) is 26.6. The van der Waals surface area contributed by atoms with Gasteiger partial charge in [-0.05, 0) is 41.2 Å². The Hall–Kier alpha value is -3.15. The van der Waals surface area contributed by atoms with E-state index in [0.717, 1.165) is 30.7 Å². The van der Waals surface area contributed by atoms with Gasteiger partial charge in [0.05, 0.1) is 18.0 Å². The second-order valence-electron chi connectivity index (χ2n) is 7.36. The number of methoxy groups -OCH3 is 1. The molecule has 7 nitrogen and oxygen atoms in total. The summed E-state index contributed by atoms with van der Waals surface area (Å²) in [6, 6.07) is 32.2. The van der Waals surface area contributed by atoms with Crippen LogP contribution in [0.3, 0.4) is 0 Å². The van der Waals surface area contributed by atoms with Gasteiger partial charge in [0, 0.05) is 17.7 Å². The number of rotatable bonds is 5. The highest BCUT2D eigenvalue weighted by Gasteiger charge is 2.53. The lowest BCUT2D eigenvalue weighted by atomic mass is 10.4. The van der Waals surface area contributed by atoms with E-state index in [0.29, 0.717) is 7.11 Å². The number of benzene rings is 3. The second kappa shape index (κ2) is 13.8. The molecule has 0 aliphatic carbocycles. The molecule has 0 unspecified atom stereocenters. The predicted molar refractivity (Wildman–Crippen MR) is 133 cm³/mol. The molecule has 0 saturated carbocycles. The molecule has 3 aromatic rings. The summed E-state index contributed by atoms with van der Waals surface area (Å²) < 4.78 is 55.8. The van der Waals surface area contributed by atoms with E-state index < -0.39 is 21.3 Å². The minimum Gasteiger partial charge on any atom is -0.464 e. The summed E-state index contributed by atoms with van der Waals surface area (Å²) in [5.74, 6) is -2.32. The molecule has 1 heterocycles. The van der Waals surface area contributed by atoms with Crippen LogP contribution in [0.15, 0.2) is 106 Å². The van der Waals surface area contributed by atoms with Gasteiger partial charge in [0.1, 0.15) is 0 Å². The maximum absolute atomic E-state index is 12.0. The van der Waals surface area contributed by atoms with Gasteiger partial charge in [-0.2, -0.15) is 17.2 Å². The molecule has 1 saturated heterocycles. The largest absolute Gasteiger partial charge is 0.465 e. The second-order valence-corrected chi connectivity index (χ2v) is 10.9. The molecule has 192 valence electrons. The van der Waals surface area contributed by atoms with E-state index in [1.807, 2.05) is 0 Å². The fraction of sp³-hybridized carbons (Fsp3) is 0.240. The van der Waals surface area contributed by atoms with E-state index in [-0.39, 0.29) is 10.9 Å². The van der Waals surface area contributed by atoms with Crippen LogP contribution in [0.4, 0.5) is 8.78 Å². The van der Waals surface area contributed by atoms with Gasteiger partial charge >= 0.3 is 21.3 Å². The minimum absolute atomic E-state index is 0.0146. The number of alkyl halides is 2. The molecule has 36 heavy (non-hydrogen) atoms. The number of halogens is 2. The number of nitroso groups, excluding NO2 is 1. The van der Waals surface area contributed by atoms with Gasteiger partial charge in [-0.1, -0.05) is 54.6 Å². The van der Waals surface area contributed by atoms with Gasteiger partial charge < -0.3 is 4.74 Å². The lowest BCUT2D eigenvalue weighted by Crippen LogP contribution is -2.38. The Morgan fingerprint density at radius 1 is 0.833 bits per heavy atom. The summed E-state index contributed by atoms with van der Waals surface area (Å²) in [6.45, 7) is 1.53. The van der Waals surface area contributed by atoms with Crippen molar-refractivity contribution in [1.29, 1.82) is 0 Å². The summed E-state index contributed by atoms with van der Waals surface area (Å²) in [7, 11) is -5.17. The van der Waals surface area contributed by atoms with Crippen molar-refractivity contribution in [1.82, 2.24) is 0 Å². The van der Waals surface area contributed by atoms with Crippen LogP contribution in [0.25, 0.3) is 0 Å². The zero-order valence-corrected chi connectivity index (χ0v) is 21.1. The van der Waals surface area contributed by atoms with E-state index in [1.54, 1.807) is 0 Å². The van der Waals surface area contributed by atoms with Crippen LogP contribution < -0.4 is 0 Å². The average molecular weight is 540 g/mol. The van der Waals surface area contributed by atoms with Gasteiger partial charge in [-0.3, -0.25) is 4.55 Å². The van der Waals surface area contributed by atoms with E-state index in [4.69, 9.17) is 4.55 Å². The summed E-state index contributed by atoms with van der Waals surface area (Å²) in [5.41, 5.74) is 0. The Morgan fingerprint density at radius 2 is 1.17 bits per heavy atom. The van der Waals surface area contributed by atoms with Crippen LogP contribution in [-0.2, 0) is 30.5 Å². The Labute approximate surface area is 211 Å². The van der Waals surface area contributed by atoms with E-state index >= 15 is 0 Å². The fourth-order valence-electron chi connectivity index (χ4n) is 2.99. The van der Waals surface area contributed by atoms with Crippen molar-refractivity contribution >= 4 is 27.0 Å². The number of ether oxygens (including phenoxy) is 1. The highest BCUT2D eigenvalue weighted by molar-refractivity contribution is 7.97. The zero-order valence-electron chi connectivity index (χ0n) is 19.5. The summed E-state index contributed by atoms with van der Waals surface area (Å²) in [5, 5.41) is -4.89. The van der Waals surface area contributed by atoms with Crippen molar-refractivity contribution in [2.75, 3.05) is 20.2 Å². The van der Waals surface area contributed by atoms with Crippen molar-refractivity contribution in [3.05, 3.63) is 95.9 Å². The van der Waals surface area contributed by atoms with Crippen molar-refractivity contribution in [3.8, 4) is 0 Å². The Kier molecular flexibility index (Phi) is 11.2. The first-order valence-electron chi connectivity index (χ1n) is 10.8. The number of nitrogens with zero attached hydrogens (tertiary/aromatic N) is 1. The van der Waals surface area contributed by atoms with E-state index in [2.05, 4.69) is 95.7 Å². The first-order chi connectivity index (χ1) is 17.1. The smallest absolute Gasteiger partial charge is 0.464 e. The van der Waals surface area contributed by atoms with Crippen molar-refractivity contribution in [2.24, 2.45) is 0 Å². The molecule has 0 spiro atoms. The molecule has 1 aliphatic heterocycles. The molecule has 0 aromatic heterocycles. The van der Waals surface area contributed by atoms with E-state index in [1.165, 1.54) is 14.7 Å². The van der Waals surface area contributed by atoms with Crippen molar-refractivity contribution in [2.45, 2.75) is 32.8 Å². The van der Waals surface area contributed by atoms with Crippen LogP contribution >= 0.6 is 0 Å². The highest BCUT2D eigenvalue weighted by Crippen LogP contribution is 2.30. The average Bonchev–Trinajstić information content (AvgIpc) is 3.36. The number of carbonyl (C=O) groups excluding carboxylic acids is 1. The lowest BCUT2D eigenvalue weighted by Gasteiger charge is -2.08. The molecule has 0 radical (unpaired) electrons. The molecule has 1 aliphatic rings. The molecule has 0 amide bonds. The van der Waals surface area contributed by atoms with Crippen LogP contribution in [0, 0.1) is 4.91 Å². The molecule has 1 N–H and O–H groups in total. The highest BCUT2D eigenvalue weighted by atomic mass is 32.2. The maximum Gasteiger partial charge on any atom is 0.465 e. The van der Waals surface area contributed by atoms with Crippen molar-refractivity contribution in [3.63, 3.8) is 0 Å². The summed E-state index contributed by atoms with van der Waals surface area (Å²) >= 11 is 0. The molecule has 0 bridgehead atoms. The summed E-state index contributed by atoms with van der Waals surface area (Å²) in [4.78, 5) is 24.2. The lowest BCUT2D eigenvalue weighted by molar-refractivity contribution is -0.527. The van der Waals surface area contributed by atoms with Crippen LogP contribution in [0.5, 0.6) is 0 Å². The molecule has 3 aromatic carbocycles. The Morgan fingerprint density at radius 3 is 1.36 bits per heavy atom.